The van der Waals surface area contributed by atoms with E-state index in [4.69, 9.17) is 5.73 Å². The van der Waals surface area contributed by atoms with E-state index in [0.717, 1.165) is 5.69 Å². The van der Waals surface area contributed by atoms with Crippen molar-refractivity contribution in [2.45, 2.75) is 13.0 Å². The molecule has 0 unspecified atom stereocenters. The fourth-order valence-electron chi connectivity index (χ4n) is 0.821. The second-order valence-electron chi connectivity index (χ2n) is 2.53. The van der Waals surface area contributed by atoms with Gasteiger partial charge < -0.3 is 11.1 Å². The van der Waals surface area contributed by atoms with Crippen LogP contribution in [0.4, 0.5) is 5.69 Å². The third kappa shape index (κ3) is 1.91. The molecule has 0 aliphatic rings. The van der Waals surface area contributed by atoms with Crippen LogP contribution in [-0.2, 0) is 0 Å². The first-order valence-electron chi connectivity index (χ1n) is 3.62. The molecule has 3 N–H and O–H groups in total. The van der Waals surface area contributed by atoms with Crippen molar-refractivity contribution in [3.8, 4) is 0 Å². The number of rotatable bonds is 2. The Bertz CT molecular complexity index is 217. The second kappa shape index (κ2) is 3.34. The number of pyridine rings is 1. The summed E-state index contributed by atoms with van der Waals surface area (Å²) in [5.74, 6) is 0. The molecule has 60 valence electrons. The molecule has 0 aliphatic carbocycles. The van der Waals surface area contributed by atoms with Crippen molar-refractivity contribution in [1.82, 2.24) is 10.3 Å². The third-order valence-corrected chi connectivity index (χ3v) is 1.69. The van der Waals surface area contributed by atoms with Crippen LogP contribution in [0, 0.1) is 0 Å². The molecule has 0 radical (unpaired) electrons. The molecule has 1 atom stereocenters. The predicted octanol–water partition coefficient (Wildman–Crippen LogP) is 0.944. The highest BCUT2D eigenvalue weighted by atomic mass is 14.9. The topological polar surface area (TPSA) is 50.9 Å². The molecule has 0 fully saturated rings. The Morgan fingerprint density at radius 3 is 2.73 bits per heavy atom. The van der Waals surface area contributed by atoms with Gasteiger partial charge in [-0.25, -0.2) is 0 Å². The standard InChI is InChI=1S/C8H13N3/c1-6(10-2)8-4-3-7(9)5-11-8/h3-6,10H,9H2,1-2H3/t6-/m1/s1. The van der Waals surface area contributed by atoms with Gasteiger partial charge in [-0.05, 0) is 26.1 Å². The summed E-state index contributed by atoms with van der Waals surface area (Å²) < 4.78 is 0. The molecule has 0 amide bonds. The maximum Gasteiger partial charge on any atom is 0.0571 e. The summed E-state index contributed by atoms with van der Waals surface area (Å²) in [6, 6.07) is 4.07. The lowest BCUT2D eigenvalue weighted by Crippen LogP contribution is -2.13. The zero-order valence-electron chi connectivity index (χ0n) is 6.83. The van der Waals surface area contributed by atoms with Crippen LogP contribution >= 0.6 is 0 Å². The molecule has 1 heterocycles. The number of nitrogens with one attached hydrogen (secondary N) is 1. The summed E-state index contributed by atoms with van der Waals surface area (Å²) in [4.78, 5) is 4.16. The highest BCUT2D eigenvalue weighted by Crippen LogP contribution is 2.09. The van der Waals surface area contributed by atoms with Crippen LogP contribution in [0.3, 0.4) is 0 Å². The highest BCUT2D eigenvalue weighted by molar-refractivity contribution is 5.34. The van der Waals surface area contributed by atoms with Crippen molar-refractivity contribution in [2.24, 2.45) is 0 Å². The molecule has 3 heteroatoms. The average molecular weight is 151 g/mol. The van der Waals surface area contributed by atoms with E-state index in [9.17, 15) is 0 Å². The molecule has 0 aromatic carbocycles. The number of hydrogen-bond acceptors (Lipinski definition) is 3. The van der Waals surface area contributed by atoms with Crippen LogP contribution in [0.25, 0.3) is 0 Å². The van der Waals surface area contributed by atoms with Gasteiger partial charge in [0, 0.05) is 6.04 Å². The van der Waals surface area contributed by atoms with Crippen LogP contribution < -0.4 is 11.1 Å². The molecule has 11 heavy (non-hydrogen) atoms. The number of nitrogens with zero attached hydrogens (tertiary/aromatic N) is 1. The first kappa shape index (κ1) is 8.01. The minimum atomic E-state index is 0.288. The fourth-order valence-corrected chi connectivity index (χ4v) is 0.821. The molecule has 1 aromatic rings. The van der Waals surface area contributed by atoms with E-state index < -0.39 is 0 Å². The van der Waals surface area contributed by atoms with Crippen molar-refractivity contribution < 1.29 is 0 Å². The SMILES string of the molecule is CN[C@H](C)c1ccc(N)cn1. The molecule has 3 nitrogen and oxygen atoms in total. The van der Waals surface area contributed by atoms with Gasteiger partial charge in [-0.3, -0.25) is 4.98 Å². The smallest absolute Gasteiger partial charge is 0.0571 e. The van der Waals surface area contributed by atoms with Crippen molar-refractivity contribution in [3.05, 3.63) is 24.0 Å². The van der Waals surface area contributed by atoms with Crippen molar-refractivity contribution >= 4 is 5.69 Å². The number of nitrogen functional groups attached to an aromatic ring is 1. The van der Waals surface area contributed by atoms with Gasteiger partial charge in [-0.15, -0.1) is 0 Å². The van der Waals surface area contributed by atoms with Gasteiger partial charge in [0.25, 0.3) is 0 Å². The molecule has 0 saturated heterocycles. The largest absolute Gasteiger partial charge is 0.397 e. The lowest BCUT2D eigenvalue weighted by Gasteiger charge is -2.08. The molecule has 0 saturated carbocycles. The molecule has 1 aromatic heterocycles. The number of hydrogen-bond donors (Lipinski definition) is 2. The van der Waals surface area contributed by atoms with E-state index in [-0.39, 0.29) is 6.04 Å². The summed E-state index contributed by atoms with van der Waals surface area (Å²) in [5, 5.41) is 3.10. The Labute approximate surface area is 66.6 Å². The van der Waals surface area contributed by atoms with E-state index in [1.54, 1.807) is 6.20 Å². The number of nitrogens with two attached hydrogens (primary N) is 1. The average Bonchev–Trinajstić information content (AvgIpc) is 2.05. The van der Waals surface area contributed by atoms with Crippen LogP contribution in [-0.4, -0.2) is 12.0 Å². The van der Waals surface area contributed by atoms with E-state index in [1.165, 1.54) is 0 Å². The maximum absolute atomic E-state index is 5.49. The Kier molecular flexibility index (Phi) is 2.44. The quantitative estimate of drug-likeness (QED) is 0.661. The van der Waals surface area contributed by atoms with Gasteiger partial charge >= 0.3 is 0 Å². The van der Waals surface area contributed by atoms with Crippen LogP contribution in [0.5, 0.6) is 0 Å². The molecular formula is C8H13N3. The summed E-state index contributed by atoms with van der Waals surface area (Å²) in [6.45, 7) is 2.05. The first-order valence-corrected chi connectivity index (χ1v) is 3.62. The number of aromatic nitrogens is 1. The number of anilines is 1. The summed E-state index contributed by atoms with van der Waals surface area (Å²) in [6.07, 6.45) is 1.67. The fraction of sp³-hybridized carbons (Fsp3) is 0.375. The van der Waals surface area contributed by atoms with E-state index in [0.29, 0.717) is 5.69 Å². The first-order chi connectivity index (χ1) is 5.24. The Morgan fingerprint density at radius 1 is 1.55 bits per heavy atom. The predicted molar refractivity (Wildman–Crippen MR) is 46.1 cm³/mol. The lowest BCUT2D eigenvalue weighted by molar-refractivity contribution is 0.633. The Hall–Kier alpha value is -1.09. The third-order valence-electron chi connectivity index (χ3n) is 1.69. The highest BCUT2D eigenvalue weighted by Gasteiger charge is 2.01. The molecule has 0 bridgehead atoms. The molecular weight excluding hydrogens is 138 g/mol. The van der Waals surface area contributed by atoms with Gasteiger partial charge in [0.2, 0.25) is 0 Å². The van der Waals surface area contributed by atoms with Crippen LogP contribution in [0.15, 0.2) is 18.3 Å². The van der Waals surface area contributed by atoms with Gasteiger partial charge in [0.1, 0.15) is 0 Å². The normalized spacial score (nSPS) is 12.9. The van der Waals surface area contributed by atoms with Crippen molar-refractivity contribution in [1.29, 1.82) is 0 Å². The maximum atomic E-state index is 5.49. The van der Waals surface area contributed by atoms with Crippen LogP contribution in [0.1, 0.15) is 18.7 Å². The summed E-state index contributed by atoms with van der Waals surface area (Å²) in [7, 11) is 1.91. The second-order valence-corrected chi connectivity index (χ2v) is 2.53. The Balaban J connectivity index is 2.81. The van der Waals surface area contributed by atoms with Crippen LogP contribution in [0.2, 0.25) is 0 Å². The van der Waals surface area contributed by atoms with Gasteiger partial charge in [0.05, 0.1) is 17.6 Å². The van der Waals surface area contributed by atoms with Gasteiger partial charge in [-0.2, -0.15) is 0 Å². The monoisotopic (exact) mass is 151 g/mol. The zero-order chi connectivity index (χ0) is 8.27. The van der Waals surface area contributed by atoms with E-state index in [2.05, 4.69) is 17.2 Å². The Morgan fingerprint density at radius 2 is 2.27 bits per heavy atom. The van der Waals surface area contributed by atoms with E-state index >= 15 is 0 Å². The minimum Gasteiger partial charge on any atom is -0.397 e. The van der Waals surface area contributed by atoms with E-state index in [1.807, 2.05) is 19.2 Å². The summed E-state index contributed by atoms with van der Waals surface area (Å²) in [5.41, 5.74) is 7.21. The van der Waals surface area contributed by atoms with Crippen molar-refractivity contribution in [3.63, 3.8) is 0 Å². The molecule has 0 spiro atoms. The zero-order valence-corrected chi connectivity index (χ0v) is 6.83. The lowest BCUT2D eigenvalue weighted by atomic mass is 10.2. The van der Waals surface area contributed by atoms with Gasteiger partial charge in [0.15, 0.2) is 0 Å². The van der Waals surface area contributed by atoms with Crippen molar-refractivity contribution in [2.75, 3.05) is 12.8 Å². The minimum absolute atomic E-state index is 0.288. The van der Waals surface area contributed by atoms with Gasteiger partial charge in [-0.1, -0.05) is 0 Å². The summed E-state index contributed by atoms with van der Waals surface area (Å²) >= 11 is 0. The molecule has 0 aliphatic heterocycles. The molecule has 1 rings (SSSR count).